The molecule has 0 N–H and O–H groups in total. The van der Waals surface area contributed by atoms with Gasteiger partial charge in [-0.25, -0.2) is 4.98 Å². The number of aromatic nitrogens is 5. The lowest BCUT2D eigenvalue weighted by Gasteiger charge is -2.09. The number of rotatable bonds is 6. The predicted octanol–water partition coefficient (Wildman–Crippen LogP) is 3.64. The Bertz CT molecular complexity index is 1180. The summed E-state index contributed by atoms with van der Waals surface area (Å²) in [6, 6.07) is 7.31. The van der Waals surface area contributed by atoms with E-state index in [1.165, 1.54) is 0 Å². The van der Waals surface area contributed by atoms with Gasteiger partial charge in [-0.3, -0.25) is 19.4 Å². The maximum Gasteiger partial charge on any atom is 0.214 e. The summed E-state index contributed by atoms with van der Waals surface area (Å²) in [5.74, 6) is 0.409. The van der Waals surface area contributed by atoms with Gasteiger partial charge < -0.3 is 4.74 Å². The van der Waals surface area contributed by atoms with Crippen molar-refractivity contribution in [2.45, 2.75) is 26.4 Å². The summed E-state index contributed by atoms with van der Waals surface area (Å²) in [7, 11) is 1.88. The molecule has 0 unspecified atom stereocenters. The summed E-state index contributed by atoms with van der Waals surface area (Å²) in [5.41, 5.74) is 3.99. The maximum absolute atomic E-state index is 12.7. The second-order valence-electron chi connectivity index (χ2n) is 7.14. The monoisotopic (exact) mass is 387 g/mol. The van der Waals surface area contributed by atoms with Gasteiger partial charge in [0.2, 0.25) is 5.88 Å². The topological polar surface area (TPSA) is 82.8 Å². The van der Waals surface area contributed by atoms with Crippen molar-refractivity contribution in [2.24, 2.45) is 7.05 Å². The zero-order valence-electron chi connectivity index (χ0n) is 16.5. The summed E-state index contributed by atoms with van der Waals surface area (Å²) in [5, 5.41) is 5.14. The van der Waals surface area contributed by atoms with Gasteiger partial charge in [-0.05, 0) is 32.0 Å². The molecule has 4 aromatic heterocycles. The van der Waals surface area contributed by atoms with Crippen molar-refractivity contribution >= 4 is 16.7 Å². The number of hydrogen-bond acceptors (Lipinski definition) is 6. The third-order valence-electron chi connectivity index (χ3n) is 4.42. The van der Waals surface area contributed by atoms with Crippen LogP contribution < -0.4 is 4.74 Å². The minimum Gasteiger partial charge on any atom is -0.475 e. The Labute approximate surface area is 168 Å². The highest BCUT2D eigenvalue weighted by atomic mass is 16.5. The van der Waals surface area contributed by atoms with Crippen LogP contribution in [-0.4, -0.2) is 36.6 Å². The lowest BCUT2D eigenvalue weighted by Crippen LogP contribution is -2.09. The van der Waals surface area contributed by atoms with Gasteiger partial charge in [-0.2, -0.15) is 5.10 Å². The number of aryl methyl sites for hydroxylation is 1. The van der Waals surface area contributed by atoms with Crippen molar-refractivity contribution in [1.29, 1.82) is 0 Å². The second kappa shape index (κ2) is 7.79. The minimum atomic E-state index is -0.0378. The standard InChI is InChI=1S/C22H21N5O2/c1-14(2)29-22-8-15(4-5-23-22)21(28)9-19-7-16-6-17(10-25-20(16)12-24-19)18-11-26-27(3)13-18/h4-8,10-14H,9H2,1-3H3. The molecule has 0 aliphatic carbocycles. The quantitative estimate of drug-likeness (QED) is 0.470. The van der Waals surface area contributed by atoms with Crippen molar-refractivity contribution in [3.63, 3.8) is 0 Å². The van der Waals surface area contributed by atoms with E-state index in [0.29, 0.717) is 17.1 Å². The van der Waals surface area contributed by atoms with E-state index in [0.717, 1.165) is 22.0 Å². The molecule has 0 aliphatic rings. The molecule has 0 aliphatic heterocycles. The highest BCUT2D eigenvalue weighted by molar-refractivity contribution is 5.98. The van der Waals surface area contributed by atoms with Crippen LogP contribution >= 0.6 is 0 Å². The highest BCUT2D eigenvalue weighted by Crippen LogP contribution is 2.23. The van der Waals surface area contributed by atoms with Crippen molar-refractivity contribution in [2.75, 3.05) is 0 Å². The molecule has 0 saturated heterocycles. The number of fused-ring (bicyclic) bond motifs is 1. The van der Waals surface area contributed by atoms with Crippen LogP contribution in [0.4, 0.5) is 0 Å². The lowest BCUT2D eigenvalue weighted by molar-refractivity contribution is 0.0991. The van der Waals surface area contributed by atoms with E-state index >= 15 is 0 Å². The molecule has 146 valence electrons. The lowest BCUT2D eigenvalue weighted by atomic mass is 10.1. The van der Waals surface area contributed by atoms with Crippen LogP contribution in [-0.2, 0) is 13.5 Å². The molecule has 0 atom stereocenters. The third kappa shape index (κ3) is 4.29. The molecule has 4 rings (SSSR count). The number of carbonyl (C=O) groups excluding carboxylic acids is 1. The molecule has 29 heavy (non-hydrogen) atoms. The number of Topliss-reactive ketones (excluding diaryl/α,β-unsaturated/α-hetero) is 1. The average Bonchev–Trinajstić information content (AvgIpc) is 3.13. The summed E-state index contributed by atoms with van der Waals surface area (Å²) in [4.78, 5) is 25.8. The Kier molecular flexibility index (Phi) is 5.03. The van der Waals surface area contributed by atoms with Crippen LogP contribution in [0.15, 0.2) is 55.2 Å². The molecule has 0 radical (unpaired) electrons. The summed E-state index contributed by atoms with van der Waals surface area (Å²) < 4.78 is 7.33. The Hall–Kier alpha value is -3.61. The first-order chi connectivity index (χ1) is 14.0. The van der Waals surface area contributed by atoms with Gasteiger partial charge in [-0.15, -0.1) is 0 Å². The fourth-order valence-electron chi connectivity index (χ4n) is 3.06. The fraction of sp³-hybridized carbons (Fsp3) is 0.227. The molecular weight excluding hydrogens is 366 g/mol. The van der Waals surface area contributed by atoms with Gasteiger partial charge in [0.05, 0.1) is 30.4 Å². The Balaban J connectivity index is 1.58. The van der Waals surface area contributed by atoms with Crippen molar-refractivity contribution in [1.82, 2.24) is 24.7 Å². The van der Waals surface area contributed by atoms with E-state index < -0.39 is 0 Å². The minimum absolute atomic E-state index is 0.00323. The van der Waals surface area contributed by atoms with Gasteiger partial charge in [0.15, 0.2) is 5.78 Å². The number of carbonyl (C=O) groups is 1. The number of ketones is 1. The molecule has 0 bridgehead atoms. The molecular formula is C22H21N5O2. The second-order valence-corrected chi connectivity index (χ2v) is 7.14. The Morgan fingerprint density at radius 2 is 1.93 bits per heavy atom. The molecule has 7 nitrogen and oxygen atoms in total. The van der Waals surface area contributed by atoms with Crippen LogP contribution in [0.25, 0.3) is 22.0 Å². The van der Waals surface area contributed by atoms with Crippen molar-refractivity contribution < 1.29 is 9.53 Å². The smallest absolute Gasteiger partial charge is 0.214 e. The van der Waals surface area contributed by atoms with E-state index in [2.05, 4.69) is 20.1 Å². The van der Waals surface area contributed by atoms with Crippen LogP contribution in [0, 0.1) is 0 Å². The Morgan fingerprint density at radius 1 is 1.07 bits per heavy atom. The first kappa shape index (κ1) is 18.7. The molecule has 0 aromatic carbocycles. The predicted molar refractivity (Wildman–Crippen MR) is 110 cm³/mol. The van der Waals surface area contributed by atoms with Gasteiger partial charge in [0.1, 0.15) is 0 Å². The maximum atomic E-state index is 12.7. The summed E-state index contributed by atoms with van der Waals surface area (Å²) >= 11 is 0. The molecule has 7 heteroatoms. The van der Waals surface area contributed by atoms with E-state index in [1.54, 1.807) is 41.6 Å². The number of hydrogen-bond donors (Lipinski definition) is 0. The van der Waals surface area contributed by atoms with Crippen LogP contribution in [0.5, 0.6) is 5.88 Å². The third-order valence-corrected chi connectivity index (χ3v) is 4.42. The van der Waals surface area contributed by atoms with Crippen molar-refractivity contribution in [3.8, 4) is 17.0 Å². The molecule has 0 saturated carbocycles. The van der Waals surface area contributed by atoms with Crippen LogP contribution in [0.3, 0.4) is 0 Å². The molecule has 4 aromatic rings. The van der Waals surface area contributed by atoms with Gasteiger partial charge in [0.25, 0.3) is 0 Å². The molecule has 0 amide bonds. The summed E-state index contributed by atoms with van der Waals surface area (Å²) in [6.07, 6.45) is 9.02. The summed E-state index contributed by atoms with van der Waals surface area (Å²) in [6.45, 7) is 3.84. The van der Waals surface area contributed by atoms with Crippen LogP contribution in [0.1, 0.15) is 29.9 Å². The largest absolute Gasteiger partial charge is 0.475 e. The molecule has 4 heterocycles. The Morgan fingerprint density at radius 3 is 2.69 bits per heavy atom. The van der Waals surface area contributed by atoms with Gasteiger partial charge in [-0.1, -0.05) is 0 Å². The molecule has 0 fully saturated rings. The highest BCUT2D eigenvalue weighted by Gasteiger charge is 2.12. The number of ether oxygens (including phenoxy) is 1. The average molecular weight is 387 g/mol. The molecule has 0 spiro atoms. The van der Waals surface area contributed by atoms with Crippen LogP contribution in [0.2, 0.25) is 0 Å². The number of nitrogens with zero attached hydrogens (tertiary/aromatic N) is 5. The fourth-order valence-corrected chi connectivity index (χ4v) is 3.06. The van der Waals surface area contributed by atoms with Gasteiger partial charge >= 0.3 is 0 Å². The van der Waals surface area contributed by atoms with E-state index in [-0.39, 0.29) is 18.3 Å². The normalized spacial score (nSPS) is 11.2. The zero-order chi connectivity index (χ0) is 20.4. The number of pyridine rings is 3. The SMILES string of the molecule is CC(C)Oc1cc(C(=O)Cc2cc3cc(-c4cnn(C)c4)cnc3cn2)ccn1. The van der Waals surface area contributed by atoms with E-state index in [9.17, 15) is 4.79 Å². The van der Waals surface area contributed by atoms with Gasteiger partial charge in [0, 0.05) is 59.5 Å². The van der Waals surface area contributed by atoms with Crippen molar-refractivity contribution in [3.05, 3.63) is 66.5 Å². The van der Waals surface area contributed by atoms with E-state index in [1.807, 2.05) is 39.2 Å². The first-order valence-corrected chi connectivity index (χ1v) is 9.37. The zero-order valence-corrected chi connectivity index (χ0v) is 16.5. The first-order valence-electron chi connectivity index (χ1n) is 9.37. The van der Waals surface area contributed by atoms with E-state index in [4.69, 9.17) is 4.74 Å².